The zero-order valence-electron chi connectivity index (χ0n) is 14.5. The monoisotopic (exact) mass is 378 g/mol. The van der Waals surface area contributed by atoms with E-state index in [1.807, 2.05) is 0 Å². The van der Waals surface area contributed by atoms with Crippen LogP contribution in [-0.2, 0) is 19.1 Å². The highest BCUT2D eigenvalue weighted by atomic mass is 16.6. The summed E-state index contributed by atoms with van der Waals surface area (Å²) in [6.45, 7) is -0.545. The number of ether oxygens (including phenoxy) is 2. The van der Waals surface area contributed by atoms with Crippen molar-refractivity contribution in [2.75, 3.05) is 6.54 Å². The highest BCUT2D eigenvalue weighted by Crippen LogP contribution is 2.22. The second kappa shape index (κ2) is 8.14. The zero-order chi connectivity index (χ0) is 20.1. The first-order chi connectivity index (χ1) is 13.5. The molecule has 140 valence electrons. The Balaban J connectivity index is 1.84. The standard InChI is InChI=1S/C20H14N2O6/c21-11-12-22-17(23)15(27-19(25)13-7-3-1-4-8-13)16(18(22)24)28-20(26)14-9-5-2-6-10-14/h1-10,15-16H,12H2/t15-,16+. The van der Waals surface area contributed by atoms with Gasteiger partial charge < -0.3 is 9.47 Å². The summed E-state index contributed by atoms with van der Waals surface area (Å²) in [7, 11) is 0. The van der Waals surface area contributed by atoms with Crippen LogP contribution >= 0.6 is 0 Å². The van der Waals surface area contributed by atoms with Crippen LogP contribution in [0.2, 0.25) is 0 Å². The minimum Gasteiger partial charge on any atom is -0.444 e. The molecule has 0 aromatic heterocycles. The lowest BCUT2D eigenvalue weighted by Gasteiger charge is -2.16. The summed E-state index contributed by atoms with van der Waals surface area (Å²) in [4.78, 5) is 50.2. The Morgan fingerprint density at radius 1 is 0.821 bits per heavy atom. The molecule has 0 bridgehead atoms. The van der Waals surface area contributed by atoms with E-state index < -0.39 is 42.5 Å². The number of amides is 2. The molecule has 0 saturated carbocycles. The number of nitrogens with zero attached hydrogens (tertiary/aromatic N) is 2. The van der Waals surface area contributed by atoms with Crippen molar-refractivity contribution in [2.24, 2.45) is 0 Å². The maximum absolute atomic E-state index is 12.5. The molecule has 1 saturated heterocycles. The van der Waals surface area contributed by atoms with Gasteiger partial charge in [-0.2, -0.15) is 5.26 Å². The van der Waals surface area contributed by atoms with Crippen molar-refractivity contribution in [3.05, 3.63) is 71.8 Å². The predicted octanol–water partition coefficient (Wildman–Crippen LogP) is 1.33. The van der Waals surface area contributed by atoms with Crippen LogP contribution in [-0.4, -0.2) is 47.4 Å². The molecule has 8 nitrogen and oxygen atoms in total. The van der Waals surface area contributed by atoms with E-state index in [1.165, 1.54) is 24.3 Å². The lowest BCUT2D eigenvalue weighted by atomic mass is 10.2. The van der Waals surface area contributed by atoms with E-state index in [0.717, 1.165) is 0 Å². The molecule has 28 heavy (non-hydrogen) atoms. The van der Waals surface area contributed by atoms with E-state index >= 15 is 0 Å². The molecule has 0 aliphatic carbocycles. The van der Waals surface area contributed by atoms with Gasteiger partial charge in [-0.15, -0.1) is 0 Å². The molecule has 1 heterocycles. The third-order valence-electron chi connectivity index (χ3n) is 4.01. The van der Waals surface area contributed by atoms with Gasteiger partial charge in [-0.05, 0) is 24.3 Å². The molecular formula is C20H14N2O6. The Hall–Kier alpha value is -3.99. The number of benzene rings is 2. The number of rotatable bonds is 5. The van der Waals surface area contributed by atoms with Gasteiger partial charge in [0.25, 0.3) is 11.8 Å². The first-order valence-corrected chi connectivity index (χ1v) is 8.27. The van der Waals surface area contributed by atoms with Crippen molar-refractivity contribution in [1.29, 1.82) is 5.26 Å². The van der Waals surface area contributed by atoms with Crippen LogP contribution in [0, 0.1) is 11.3 Å². The van der Waals surface area contributed by atoms with Crippen LogP contribution in [0.15, 0.2) is 60.7 Å². The molecule has 3 rings (SSSR count). The summed E-state index contributed by atoms with van der Waals surface area (Å²) in [5, 5.41) is 8.84. The Kier molecular flexibility index (Phi) is 5.46. The maximum atomic E-state index is 12.5. The van der Waals surface area contributed by atoms with E-state index in [1.54, 1.807) is 42.5 Å². The largest absolute Gasteiger partial charge is 0.444 e. The average molecular weight is 378 g/mol. The number of likely N-dealkylation sites (tertiary alicyclic amines) is 1. The van der Waals surface area contributed by atoms with E-state index in [2.05, 4.69) is 0 Å². The van der Waals surface area contributed by atoms with Crippen LogP contribution in [0.1, 0.15) is 20.7 Å². The molecule has 2 aromatic carbocycles. The van der Waals surface area contributed by atoms with E-state index in [9.17, 15) is 19.2 Å². The number of esters is 2. The number of nitriles is 1. The summed E-state index contributed by atoms with van der Waals surface area (Å²) in [5.74, 6) is -3.54. The van der Waals surface area contributed by atoms with Gasteiger partial charge >= 0.3 is 11.9 Å². The molecule has 0 radical (unpaired) electrons. The fraction of sp³-hybridized carbons (Fsp3) is 0.150. The molecule has 0 spiro atoms. The average Bonchev–Trinajstić information content (AvgIpc) is 2.94. The van der Waals surface area contributed by atoms with Gasteiger partial charge in [0.2, 0.25) is 12.2 Å². The highest BCUT2D eigenvalue weighted by molar-refractivity contribution is 6.10. The lowest BCUT2D eigenvalue weighted by Crippen LogP contribution is -2.37. The Morgan fingerprint density at radius 3 is 1.57 bits per heavy atom. The van der Waals surface area contributed by atoms with Gasteiger partial charge in [0.05, 0.1) is 17.2 Å². The first-order valence-electron chi connectivity index (χ1n) is 8.27. The van der Waals surface area contributed by atoms with Gasteiger partial charge in [0.1, 0.15) is 6.54 Å². The van der Waals surface area contributed by atoms with Crippen LogP contribution in [0.5, 0.6) is 0 Å². The van der Waals surface area contributed by atoms with Gasteiger partial charge in [0.15, 0.2) is 0 Å². The quantitative estimate of drug-likeness (QED) is 0.438. The summed E-state index contributed by atoms with van der Waals surface area (Å²) >= 11 is 0. The molecule has 8 heteroatoms. The number of hydrogen-bond donors (Lipinski definition) is 0. The summed E-state index contributed by atoms with van der Waals surface area (Å²) in [6, 6.07) is 17.4. The lowest BCUT2D eigenvalue weighted by molar-refractivity contribution is -0.140. The fourth-order valence-electron chi connectivity index (χ4n) is 2.64. The topological polar surface area (TPSA) is 114 Å². The Morgan fingerprint density at radius 2 is 1.21 bits per heavy atom. The van der Waals surface area contributed by atoms with Crippen molar-refractivity contribution in [3.63, 3.8) is 0 Å². The molecule has 1 aliphatic rings. The fourth-order valence-corrected chi connectivity index (χ4v) is 2.64. The number of hydrogen-bond acceptors (Lipinski definition) is 7. The smallest absolute Gasteiger partial charge is 0.339 e. The Bertz CT molecular complexity index is 880. The van der Waals surface area contributed by atoms with Crippen LogP contribution in [0.25, 0.3) is 0 Å². The van der Waals surface area contributed by atoms with Gasteiger partial charge in [-0.1, -0.05) is 36.4 Å². The minimum absolute atomic E-state index is 0.162. The van der Waals surface area contributed by atoms with Gasteiger partial charge in [-0.3, -0.25) is 14.5 Å². The zero-order valence-corrected chi connectivity index (χ0v) is 14.5. The Labute approximate surface area is 159 Å². The third kappa shape index (κ3) is 3.73. The molecule has 2 amide bonds. The SMILES string of the molecule is N#CCN1C(=O)[C@@H](OC(=O)c2ccccc2)[C@@H](OC(=O)c2ccccc2)C1=O. The normalized spacial score (nSPS) is 18.5. The molecule has 2 aromatic rings. The van der Waals surface area contributed by atoms with E-state index in [4.69, 9.17) is 14.7 Å². The predicted molar refractivity (Wildman–Crippen MR) is 93.6 cm³/mol. The minimum atomic E-state index is -1.67. The van der Waals surface area contributed by atoms with Gasteiger partial charge in [0, 0.05) is 0 Å². The summed E-state index contributed by atoms with van der Waals surface area (Å²) in [5.41, 5.74) is 0.323. The second-order valence-electron chi connectivity index (χ2n) is 5.80. The van der Waals surface area contributed by atoms with Crippen LogP contribution < -0.4 is 0 Å². The second-order valence-corrected chi connectivity index (χ2v) is 5.80. The van der Waals surface area contributed by atoms with Crippen molar-refractivity contribution in [1.82, 2.24) is 4.90 Å². The van der Waals surface area contributed by atoms with Crippen LogP contribution in [0.4, 0.5) is 0 Å². The molecule has 1 fully saturated rings. The molecule has 1 aliphatic heterocycles. The van der Waals surface area contributed by atoms with Crippen LogP contribution in [0.3, 0.4) is 0 Å². The van der Waals surface area contributed by atoms with Crippen molar-refractivity contribution < 1.29 is 28.7 Å². The van der Waals surface area contributed by atoms with Crippen molar-refractivity contribution in [2.45, 2.75) is 12.2 Å². The summed E-state index contributed by atoms with van der Waals surface area (Å²) in [6.07, 6.45) is -3.33. The van der Waals surface area contributed by atoms with Crippen molar-refractivity contribution in [3.8, 4) is 6.07 Å². The maximum Gasteiger partial charge on any atom is 0.339 e. The van der Waals surface area contributed by atoms with E-state index in [-0.39, 0.29) is 11.1 Å². The molecular weight excluding hydrogens is 364 g/mol. The van der Waals surface area contributed by atoms with Gasteiger partial charge in [-0.25, -0.2) is 9.59 Å². The third-order valence-corrected chi connectivity index (χ3v) is 4.01. The number of carbonyl (C=O) groups excluding carboxylic acids is 4. The first kappa shape index (κ1) is 18.8. The summed E-state index contributed by atoms with van der Waals surface area (Å²) < 4.78 is 10.3. The molecule has 0 unspecified atom stereocenters. The number of carbonyl (C=O) groups is 4. The van der Waals surface area contributed by atoms with E-state index in [0.29, 0.717) is 4.90 Å². The molecule has 2 atom stereocenters. The number of imide groups is 1. The molecule has 0 N–H and O–H groups in total. The van der Waals surface area contributed by atoms with Crippen molar-refractivity contribution >= 4 is 23.8 Å². The highest BCUT2D eigenvalue weighted by Gasteiger charge is 2.52.